The second kappa shape index (κ2) is 4.76. The fourth-order valence-corrected chi connectivity index (χ4v) is 2.69. The van der Waals surface area contributed by atoms with E-state index in [9.17, 15) is 4.79 Å². The third-order valence-electron chi connectivity index (χ3n) is 3.00. The molecule has 4 nitrogen and oxygen atoms in total. The quantitative estimate of drug-likeness (QED) is 0.761. The van der Waals surface area contributed by atoms with Crippen molar-refractivity contribution in [1.82, 2.24) is 4.98 Å². The average Bonchev–Trinajstić information content (AvgIpc) is 2.81. The minimum absolute atomic E-state index is 0.115. The molecule has 2 aromatic carbocycles. The number of benzene rings is 2. The molecule has 0 aliphatic carbocycles. The van der Waals surface area contributed by atoms with Crippen LogP contribution in [0.3, 0.4) is 0 Å². The van der Waals surface area contributed by atoms with Crippen molar-refractivity contribution < 1.29 is 14.3 Å². The van der Waals surface area contributed by atoms with E-state index in [4.69, 9.17) is 9.52 Å². The fraction of sp³-hybridized carbons (Fsp3) is 0.0667. The molecule has 20 heavy (non-hydrogen) atoms. The second-order valence-corrected chi connectivity index (χ2v) is 5.32. The molecule has 0 radical (unpaired) electrons. The maximum absolute atomic E-state index is 11.2. The number of rotatable bonds is 2. The van der Waals surface area contributed by atoms with Crippen LogP contribution in [-0.4, -0.2) is 16.1 Å². The number of para-hydroxylation sites is 1. The Morgan fingerprint density at radius 3 is 2.80 bits per heavy atom. The van der Waals surface area contributed by atoms with Crippen LogP contribution in [-0.2, 0) is 0 Å². The molecule has 100 valence electrons. The average molecular weight is 332 g/mol. The summed E-state index contributed by atoms with van der Waals surface area (Å²) in [5, 5.41) is 9.16. The van der Waals surface area contributed by atoms with Crippen LogP contribution in [0, 0.1) is 6.92 Å². The SMILES string of the molecule is Cc1ccc(-c2nc3cccc(C(=O)O)c3o2)c(Br)c1. The standard InChI is InChI=1S/C15H10BrNO3/c1-8-5-6-9(11(16)7-8)14-17-12-4-2-3-10(15(18)19)13(12)20-14/h2-7H,1H3,(H,18,19). The topological polar surface area (TPSA) is 63.3 Å². The van der Waals surface area contributed by atoms with Gasteiger partial charge in [0.15, 0.2) is 5.58 Å². The van der Waals surface area contributed by atoms with Crippen LogP contribution in [0.15, 0.2) is 45.3 Å². The van der Waals surface area contributed by atoms with E-state index in [2.05, 4.69) is 20.9 Å². The highest BCUT2D eigenvalue weighted by Gasteiger charge is 2.16. The number of fused-ring (bicyclic) bond motifs is 1. The lowest BCUT2D eigenvalue weighted by atomic mass is 10.1. The number of hydrogen-bond donors (Lipinski definition) is 1. The molecular formula is C15H10BrNO3. The lowest BCUT2D eigenvalue weighted by molar-refractivity contribution is 0.0698. The number of halogens is 1. The lowest BCUT2D eigenvalue weighted by Crippen LogP contribution is -1.95. The molecule has 5 heteroatoms. The molecule has 0 saturated carbocycles. The van der Waals surface area contributed by atoms with Crippen molar-refractivity contribution in [3.05, 3.63) is 52.0 Å². The van der Waals surface area contributed by atoms with Gasteiger partial charge in [0, 0.05) is 4.47 Å². The van der Waals surface area contributed by atoms with Crippen LogP contribution in [0.5, 0.6) is 0 Å². The number of oxazole rings is 1. The number of hydrogen-bond acceptors (Lipinski definition) is 3. The number of nitrogens with zero attached hydrogens (tertiary/aromatic N) is 1. The maximum Gasteiger partial charge on any atom is 0.339 e. The molecule has 0 fully saturated rings. The van der Waals surface area contributed by atoms with Crippen LogP contribution in [0.4, 0.5) is 0 Å². The van der Waals surface area contributed by atoms with Gasteiger partial charge >= 0.3 is 5.97 Å². The van der Waals surface area contributed by atoms with Crippen molar-refractivity contribution in [3.8, 4) is 11.5 Å². The Hall–Kier alpha value is -2.14. The van der Waals surface area contributed by atoms with Gasteiger partial charge in [-0.05, 0) is 52.7 Å². The van der Waals surface area contributed by atoms with Gasteiger partial charge in [0.2, 0.25) is 5.89 Å². The summed E-state index contributed by atoms with van der Waals surface area (Å²) in [7, 11) is 0. The molecule has 0 amide bonds. The zero-order valence-electron chi connectivity index (χ0n) is 10.6. The van der Waals surface area contributed by atoms with Gasteiger partial charge in [-0.15, -0.1) is 0 Å². The van der Waals surface area contributed by atoms with E-state index < -0.39 is 5.97 Å². The third-order valence-corrected chi connectivity index (χ3v) is 3.66. The van der Waals surface area contributed by atoms with Crippen LogP contribution >= 0.6 is 15.9 Å². The van der Waals surface area contributed by atoms with E-state index in [1.165, 1.54) is 6.07 Å². The molecule has 1 aromatic heterocycles. The van der Waals surface area contributed by atoms with E-state index in [0.29, 0.717) is 17.0 Å². The molecule has 0 aliphatic rings. The molecule has 1 heterocycles. The molecule has 3 rings (SSSR count). The summed E-state index contributed by atoms with van der Waals surface area (Å²) in [6.45, 7) is 1.99. The summed E-state index contributed by atoms with van der Waals surface area (Å²) in [5.74, 6) is -0.623. The van der Waals surface area contributed by atoms with Gasteiger partial charge in [-0.25, -0.2) is 9.78 Å². The first-order valence-electron chi connectivity index (χ1n) is 5.95. The predicted molar refractivity (Wildman–Crippen MR) is 78.8 cm³/mol. The molecule has 0 aliphatic heterocycles. The third kappa shape index (κ3) is 2.10. The first-order chi connectivity index (χ1) is 9.56. The highest BCUT2D eigenvalue weighted by atomic mass is 79.9. The summed E-state index contributed by atoms with van der Waals surface area (Å²) >= 11 is 3.47. The van der Waals surface area contributed by atoms with Gasteiger partial charge in [0.05, 0.1) is 5.56 Å². The van der Waals surface area contributed by atoms with Crippen molar-refractivity contribution in [2.24, 2.45) is 0 Å². The Balaban J connectivity index is 2.23. The molecule has 3 aromatic rings. The van der Waals surface area contributed by atoms with Crippen LogP contribution < -0.4 is 0 Å². The van der Waals surface area contributed by atoms with Gasteiger partial charge in [0.25, 0.3) is 0 Å². The van der Waals surface area contributed by atoms with E-state index in [1.54, 1.807) is 12.1 Å². The lowest BCUT2D eigenvalue weighted by Gasteiger charge is -2.00. The zero-order chi connectivity index (χ0) is 14.3. The van der Waals surface area contributed by atoms with Crippen molar-refractivity contribution in [2.45, 2.75) is 6.92 Å². The summed E-state index contributed by atoms with van der Waals surface area (Å²) < 4.78 is 6.51. The summed E-state index contributed by atoms with van der Waals surface area (Å²) in [6.07, 6.45) is 0. The highest BCUT2D eigenvalue weighted by molar-refractivity contribution is 9.10. The minimum atomic E-state index is -1.03. The Morgan fingerprint density at radius 1 is 1.30 bits per heavy atom. The number of carbonyl (C=O) groups is 1. The first-order valence-corrected chi connectivity index (χ1v) is 6.75. The molecule has 0 atom stereocenters. The van der Waals surface area contributed by atoms with Gasteiger partial charge in [-0.1, -0.05) is 12.1 Å². The predicted octanol–water partition coefficient (Wildman–Crippen LogP) is 4.26. The Labute approximate surface area is 123 Å². The normalized spacial score (nSPS) is 10.9. The zero-order valence-corrected chi connectivity index (χ0v) is 12.1. The summed E-state index contributed by atoms with van der Waals surface area (Å²) in [4.78, 5) is 15.5. The first kappa shape index (κ1) is 12.9. The van der Waals surface area contributed by atoms with Crippen molar-refractivity contribution in [3.63, 3.8) is 0 Å². The van der Waals surface area contributed by atoms with Crippen LogP contribution in [0.1, 0.15) is 15.9 Å². The smallest absolute Gasteiger partial charge is 0.339 e. The molecule has 0 unspecified atom stereocenters. The van der Waals surface area contributed by atoms with Gasteiger partial charge in [0.1, 0.15) is 11.1 Å². The molecule has 0 saturated heterocycles. The van der Waals surface area contributed by atoms with Crippen molar-refractivity contribution in [2.75, 3.05) is 0 Å². The largest absolute Gasteiger partial charge is 0.478 e. The van der Waals surface area contributed by atoms with E-state index >= 15 is 0 Å². The van der Waals surface area contributed by atoms with Gasteiger partial charge in [-0.2, -0.15) is 0 Å². The number of carboxylic acids is 1. The van der Waals surface area contributed by atoms with E-state index in [-0.39, 0.29) is 5.56 Å². The molecule has 0 bridgehead atoms. The Bertz CT molecular complexity index is 823. The van der Waals surface area contributed by atoms with E-state index in [0.717, 1.165) is 15.6 Å². The van der Waals surface area contributed by atoms with Gasteiger partial charge < -0.3 is 9.52 Å². The Morgan fingerprint density at radius 2 is 2.10 bits per heavy atom. The number of aromatic nitrogens is 1. The molecule has 1 N–H and O–H groups in total. The number of aromatic carboxylic acids is 1. The minimum Gasteiger partial charge on any atom is -0.478 e. The van der Waals surface area contributed by atoms with Crippen LogP contribution in [0.25, 0.3) is 22.6 Å². The van der Waals surface area contributed by atoms with Crippen molar-refractivity contribution >= 4 is 33.0 Å². The molecule has 0 spiro atoms. The second-order valence-electron chi connectivity index (χ2n) is 4.46. The van der Waals surface area contributed by atoms with Crippen molar-refractivity contribution in [1.29, 1.82) is 0 Å². The summed E-state index contributed by atoms with van der Waals surface area (Å²) in [6, 6.07) is 10.7. The monoisotopic (exact) mass is 331 g/mol. The number of carboxylic acid groups (broad SMARTS) is 1. The summed E-state index contributed by atoms with van der Waals surface area (Å²) in [5.41, 5.74) is 2.85. The number of aryl methyl sites for hydroxylation is 1. The Kier molecular flexibility index (Phi) is 3.06. The highest BCUT2D eigenvalue weighted by Crippen LogP contribution is 2.32. The van der Waals surface area contributed by atoms with Gasteiger partial charge in [-0.3, -0.25) is 0 Å². The van der Waals surface area contributed by atoms with Crippen LogP contribution in [0.2, 0.25) is 0 Å². The molecular weight excluding hydrogens is 322 g/mol. The maximum atomic E-state index is 11.2. The fourth-order valence-electron chi connectivity index (χ4n) is 2.03. The van der Waals surface area contributed by atoms with E-state index in [1.807, 2.05) is 25.1 Å².